The maximum Gasteiger partial charge on any atom is 0.188 e. The fourth-order valence-corrected chi connectivity index (χ4v) is 3.12. The number of hydrogen-bond donors (Lipinski definition) is 2. The second-order valence-corrected chi connectivity index (χ2v) is 5.88. The van der Waals surface area contributed by atoms with Crippen molar-refractivity contribution >= 4 is 5.96 Å². The zero-order valence-electron chi connectivity index (χ0n) is 12.1. The summed E-state index contributed by atoms with van der Waals surface area (Å²) in [5.41, 5.74) is 5.88. The first kappa shape index (κ1) is 14.6. The van der Waals surface area contributed by atoms with Gasteiger partial charge in [-0.25, -0.2) is 0 Å². The predicted octanol–water partition coefficient (Wildman–Crippen LogP) is 2.57. The molecule has 0 radical (unpaired) electrons. The second kappa shape index (κ2) is 8.41. The average Bonchev–Trinajstić information content (AvgIpc) is 2.76. The zero-order valence-corrected chi connectivity index (χ0v) is 12.1. The smallest absolute Gasteiger partial charge is 0.188 e. The van der Waals surface area contributed by atoms with Crippen molar-refractivity contribution in [3.63, 3.8) is 0 Å². The fourth-order valence-electron chi connectivity index (χ4n) is 3.12. The highest BCUT2D eigenvalue weighted by atomic mass is 16.5. The Kier molecular flexibility index (Phi) is 6.48. The summed E-state index contributed by atoms with van der Waals surface area (Å²) in [6.07, 6.45) is 13.4. The molecule has 2 rings (SSSR count). The van der Waals surface area contributed by atoms with Crippen molar-refractivity contribution < 1.29 is 4.74 Å². The van der Waals surface area contributed by atoms with Gasteiger partial charge in [-0.05, 0) is 25.7 Å². The summed E-state index contributed by atoms with van der Waals surface area (Å²) in [6, 6.07) is 0.548. The van der Waals surface area contributed by atoms with Crippen LogP contribution >= 0.6 is 0 Å². The topological polar surface area (TPSA) is 59.6 Å². The van der Waals surface area contributed by atoms with E-state index in [0.717, 1.165) is 0 Å². The van der Waals surface area contributed by atoms with Gasteiger partial charge in [-0.2, -0.15) is 0 Å². The first-order chi connectivity index (χ1) is 9.34. The number of nitrogens with zero attached hydrogens (tertiary/aromatic N) is 1. The summed E-state index contributed by atoms with van der Waals surface area (Å²) in [7, 11) is 0. The number of hydrogen-bond acceptors (Lipinski definition) is 2. The van der Waals surface area contributed by atoms with Crippen LogP contribution in [0.15, 0.2) is 4.99 Å². The maximum absolute atomic E-state index is 5.89. The summed E-state index contributed by atoms with van der Waals surface area (Å²) in [5, 5.41) is 3.30. The van der Waals surface area contributed by atoms with E-state index in [9.17, 15) is 0 Å². The van der Waals surface area contributed by atoms with Crippen LogP contribution in [-0.4, -0.2) is 31.3 Å². The van der Waals surface area contributed by atoms with Crippen LogP contribution in [0.3, 0.4) is 0 Å². The third-order valence-corrected chi connectivity index (χ3v) is 4.24. The summed E-state index contributed by atoms with van der Waals surface area (Å²) in [5.74, 6) is 0.594. The molecule has 0 atom stereocenters. The van der Waals surface area contributed by atoms with Gasteiger partial charge in [0.15, 0.2) is 5.96 Å². The fraction of sp³-hybridized carbons (Fsp3) is 0.933. The lowest BCUT2D eigenvalue weighted by Gasteiger charge is -2.15. The Bertz CT molecular complexity index is 267. The van der Waals surface area contributed by atoms with Gasteiger partial charge in [0.1, 0.15) is 0 Å². The molecule has 2 saturated carbocycles. The van der Waals surface area contributed by atoms with Crippen molar-refractivity contribution in [1.82, 2.24) is 5.32 Å². The minimum atomic E-state index is 0.460. The SMILES string of the molecule is NC(=NCCOC1CCCCCC1)NC1CCCC1. The Balaban J connectivity index is 1.56. The van der Waals surface area contributed by atoms with E-state index in [1.807, 2.05) is 0 Å². The molecule has 2 fully saturated rings. The van der Waals surface area contributed by atoms with Crippen molar-refractivity contribution in [3.8, 4) is 0 Å². The van der Waals surface area contributed by atoms with Gasteiger partial charge in [-0.15, -0.1) is 0 Å². The average molecular weight is 267 g/mol. The van der Waals surface area contributed by atoms with Crippen molar-refractivity contribution in [1.29, 1.82) is 0 Å². The van der Waals surface area contributed by atoms with Crippen LogP contribution in [0.2, 0.25) is 0 Å². The molecule has 2 aliphatic rings. The van der Waals surface area contributed by atoms with Gasteiger partial charge < -0.3 is 15.8 Å². The highest BCUT2D eigenvalue weighted by Gasteiger charge is 2.15. The summed E-state index contributed by atoms with van der Waals surface area (Å²) in [6.45, 7) is 1.39. The van der Waals surface area contributed by atoms with Crippen molar-refractivity contribution in [2.24, 2.45) is 10.7 Å². The molecule has 110 valence electrons. The predicted molar refractivity (Wildman–Crippen MR) is 79.3 cm³/mol. The van der Waals surface area contributed by atoms with E-state index in [1.54, 1.807) is 0 Å². The Hall–Kier alpha value is -0.770. The number of rotatable bonds is 5. The lowest BCUT2D eigenvalue weighted by molar-refractivity contribution is 0.0487. The minimum Gasteiger partial charge on any atom is -0.376 e. The zero-order chi connectivity index (χ0) is 13.3. The van der Waals surface area contributed by atoms with Crippen LogP contribution in [0.5, 0.6) is 0 Å². The third-order valence-electron chi connectivity index (χ3n) is 4.24. The van der Waals surface area contributed by atoms with E-state index in [1.165, 1.54) is 64.2 Å². The number of nitrogens with one attached hydrogen (secondary N) is 1. The molecule has 0 amide bonds. The van der Waals surface area contributed by atoms with Crippen molar-refractivity contribution in [3.05, 3.63) is 0 Å². The lowest BCUT2D eigenvalue weighted by atomic mass is 10.1. The van der Waals surface area contributed by atoms with E-state index >= 15 is 0 Å². The van der Waals surface area contributed by atoms with Crippen LogP contribution in [0, 0.1) is 0 Å². The Labute approximate surface area is 117 Å². The number of nitrogens with two attached hydrogens (primary N) is 1. The molecule has 0 unspecified atom stereocenters. The monoisotopic (exact) mass is 267 g/mol. The standard InChI is InChI=1S/C15H29N3O/c16-15(18-13-7-5-6-8-13)17-11-12-19-14-9-3-1-2-4-10-14/h13-14H,1-12H2,(H3,16,17,18). The van der Waals surface area contributed by atoms with Crippen LogP contribution < -0.4 is 11.1 Å². The summed E-state index contributed by atoms with van der Waals surface area (Å²) >= 11 is 0. The Morgan fingerprint density at radius 2 is 1.63 bits per heavy atom. The molecule has 0 spiro atoms. The Morgan fingerprint density at radius 3 is 2.32 bits per heavy atom. The molecule has 0 heterocycles. The minimum absolute atomic E-state index is 0.460. The van der Waals surface area contributed by atoms with E-state index in [2.05, 4.69) is 10.3 Å². The highest BCUT2D eigenvalue weighted by Crippen LogP contribution is 2.19. The van der Waals surface area contributed by atoms with E-state index in [4.69, 9.17) is 10.5 Å². The van der Waals surface area contributed by atoms with Gasteiger partial charge in [-0.3, -0.25) is 4.99 Å². The number of aliphatic imine (C=N–C) groups is 1. The summed E-state index contributed by atoms with van der Waals surface area (Å²) in [4.78, 5) is 4.35. The van der Waals surface area contributed by atoms with Crippen LogP contribution in [-0.2, 0) is 4.74 Å². The lowest BCUT2D eigenvalue weighted by Crippen LogP contribution is -2.38. The molecular weight excluding hydrogens is 238 g/mol. The van der Waals surface area contributed by atoms with Crippen LogP contribution in [0.4, 0.5) is 0 Å². The van der Waals surface area contributed by atoms with Gasteiger partial charge in [0.25, 0.3) is 0 Å². The van der Waals surface area contributed by atoms with Gasteiger partial charge >= 0.3 is 0 Å². The third kappa shape index (κ3) is 5.81. The Morgan fingerprint density at radius 1 is 1.00 bits per heavy atom. The number of guanidine groups is 1. The molecule has 2 aliphatic carbocycles. The first-order valence-electron chi connectivity index (χ1n) is 8.02. The normalized spacial score (nSPS) is 23.5. The van der Waals surface area contributed by atoms with Crippen molar-refractivity contribution in [2.75, 3.05) is 13.2 Å². The molecule has 4 nitrogen and oxygen atoms in total. The van der Waals surface area contributed by atoms with Gasteiger partial charge in [0, 0.05) is 6.04 Å². The molecular formula is C15H29N3O. The molecule has 0 aliphatic heterocycles. The van der Waals surface area contributed by atoms with E-state index in [-0.39, 0.29) is 0 Å². The van der Waals surface area contributed by atoms with Gasteiger partial charge in [0.2, 0.25) is 0 Å². The molecule has 3 N–H and O–H groups in total. The molecule has 0 aromatic heterocycles. The largest absolute Gasteiger partial charge is 0.376 e. The van der Waals surface area contributed by atoms with Gasteiger partial charge in [-0.1, -0.05) is 38.5 Å². The molecule has 0 aromatic carbocycles. The van der Waals surface area contributed by atoms with Crippen LogP contribution in [0.25, 0.3) is 0 Å². The number of ether oxygens (including phenoxy) is 1. The highest BCUT2D eigenvalue weighted by molar-refractivity contribution is 5.78. The molecule has 19 heavy (non-hydrogen) atoms. The van der Waals surface area contributed by atoms with E-state index in [0.29, 0.717) is 31.3 Å². The molecule has 0 saturated heterocycles. The molecule has 0 aromatic rings. The quantitative estimate of drug-likeness (QED) is 0.348. The molecule has 4 heteroatoms. The van der Waals surface area contributed by atoms with Crippen molar-refractivity contribution in [2.45, 2.75) is 76.4 Å². The van der Waals surface area contributed by atoms with Gasteiger partial charge in [0.05, 0.1) is 19.3 Å². The maximum atomic E-state index is 5.89. The van der Waals surface area contributed by atoms with Crippen LogP contribution in [0.1, 0.15) is 64.2 Å². The molecule has 0 bridgehead atoms. The second-order valence-electron chi connectivity index (χ2n) is 5.88. The first-order valence-corrected chi connectivity index (χ1v) is 8.02. The van der Waals surface area contributed by atoms with E-state index < -0.39 is 0 Å². The summed E-state index contributed by atoms with van der Waals surface area (Å²) < 4.78 is 5.89.